The van der Waals surface area contributed by atoms with Crippen molar-refractivity contribution in [2.45, 2.75) is 67.2 Å². The summed E-state index contributed by atoms with van der Waals surface area (Å²) in [6.07, 6.45) is 0. The Bertz CT molecular complexity index is 482. The molecule has 0 aromatic heterocycles. The minimum absolute atomic E-state index is 0.578. The van der Waals surface area contributed by atoms with E-state index in [4.69, 9.17) is 0 Å². The zero-order valence-corrected chi connectivity index (χ0v) is 13.3. The van der Waals surface area contributed by atoms with Gasteiger partial charge in [0.2, 0.25) is 0 Å². The molecule has 0 heteroatoms. The van der Waals surface area contributed by atoms with Crippen LogP contribution in [0.15, 0.2) is 12.1 Å². The molecule has 0 nitrogen and oxygen atoms in total. The van der Waals surface area contributed by atoms with E-state index in [1.807, 2.05) is 0 Å². The first kappa shape index (κ1) is 15.0. The molecule has 0 aliphatic rings. The number of benzene rings is 1. The van der Waals surface area contributed by atoms with Crippen molar-refractivity contribution < 1.29 is 0 Å². The van der Waals surface area contributed by atoms with Crippen LogP contribution in [0.25, 0.3) is 11.1 Å². The van der Waals surface area contributed by atoms with Crippen LogP contribution in [-0.2, 0) is 0 Å². The minimum atomic E-state index is 0.578. The van der Waals surface area contributed by atoms with Gasteiger partial charge in [-0.3, -0.25) is 0 Å². The molecule has 0 saturated heterocycles. The summed E-state index contributed by atoms with van der Waals surface area (Å²) in [5.74, 6) is 1.16. The van der Waals surface area contributed by atoms with Crippen molar-refractivity contribution in [3.63, 3.8) is 0 Å². The zero-order chi connectivity index (χ0) is 14.0. The highest BCUT2D eigenvalue weighted by Crippen LogP contribution is 2.14. The van der Waals surface area contributed by atoms with Gasteiger partial charge in [-0.2, -0.15) is 0 Å². The molecule has 0 aliphatic carbocycles. The fraction of sp³-hybridized carbons (Fsp3) is 0.556. The van der Waals surface area contributed by atoms with Crippen LogP contribution in [0.3, 0.4) is 0 Å². The lowest BCUT2D eigenvalue weighted by Gasteiger charge is -2.15. The number of rotatable bonds is 2. The third-order valence-corrected chi connectivity index (χ3v) is 3.54. The average Bonchev–Trinajstić information content (AvgIpc) is 2.26. The minimum Gasteiger partial charge on any atom is -0.0689 e. The molecule has 0 N–H and O–H groups in total. The summed E-state index contributed by atoms with van der Waals surface area (Å²) in [6, 6.07) is 4.83. The molecule has 0 radical (unpaired) electrons. The van der Waals surface area contributed by atoms with Gasteiger partial charge in [0.25, 0.3) is 0 Å². The monoisotopic (exact) mass is 244 g/mol. The Kier molecular flexibility index (Phi) is 4.78. The van der Waals surface area contributed by atoms with Crippen LogP contribution in [0, 0.1) is 0 Å². The first-order valence-corrected chi connectivity index (χ1v) is 7.04. The molecule has 0 heterocycles. The summed E-state index contributed by atoms with van der Waals surface area (Å²) in [5.41, 5.74) is 5.80. The van der Waals surface area contributed by atoms with Gasteiger partial charge >= 0.3 is 0 Å². The van der Waals surface area contributed by atoms with Gasteiger partial charge in [0.1, 0.15) is 0 Å². The Morgan fingerprint density at radius 2 is 0.944 bits per heavy atom. The van der Waals surface area contributed by atoms with Gasteiger partial charge in [-0.15, -0.1) is 0 Å². The summed E-state index contributed by atoms with van der Waals surface area (Å²) in [4.78, 5) is 0. The van der Waals surface area contributed by atoms with Crippen LogP contribution in [0.5, 0.6) is 0 Å². The summed E-state index contributed by atoms with van der Waals surface area (Å²) in [7, 11) is 0. The van der Waals surface area contributed by atoms with Crippen molar-refractivity contribution in [1.29, 1.82) is 0 Å². The molecule has 1 aromatic carbocycles. The lowest BCUT2D eigenvalue weighted by atomic mass is 9.90. The van der Waals surface area contributed by atoms with Crippen LogP contribution in [0.1, 0.15) is 78.4 Å². The van der Waals surface area contributed by atoms with Crippen LogP contribution in [0.2, 0.25) is 0 Å². The van der Waals surface area contributed by atoms with Crippen LogP contribution >= 0.6 is 0 Å². The van der Waals surface area contributed by atoms with Gasteiger partial charge in [0.15, 0.2) is 0 Å². The first-order chi connectivity index (χ1) is 8.25. The highest BCUT2D eigenvalue weighted by molar-refractivity contribution is 5.49. The van der Waals surface area contributed by atoms with Crippen LogP contribution < -0.4 is 10.4 Å². The largest absolute Gasteiger partial charge is 0.0689 e. The van der Waals surface area contributed by atoms with Crippen molar-refractivity contribution in [3.05, 3.63) is 33.7 Å². The molecule has 0 amide bonds. The summed E-state index contributed by atoms with van der Waals surface area (Å²) in [5, 5.41) is 2.89. The molecule has 1 aromatic rings. The third kappa shape index (κ3) is 3.04. The molecular weight excluding hydrogens is 216 g/mol. The Labute approximate surface area is 112 Å². The third-order valence-electron chi connectivity index (χ3n) is 3.54. The number of hydrogen-bond acceptors (Lipinski definition) is 0. The Morgan fingerprint density at radius 1 is 0.667 bits per heavy atom. The predicted octanol–water partition coefficient (Wildman–Crippen LogP) is 4.31. The van der Waals surface area contributed by atoms with Crippen molar-refractivity contribution in [1.82, 2.24) is 0 Å². The zero-order valence-electron chi connectivity index (χ0n) is 13.3. The molecule has 0 unspecified atom stereocenters. The van der Waals surface area contributed by atoms with Gasteiger partial charge in [-0.05, 0) is 61.1 Å². The second-order valence-electron chi connectivity index (χ2n) is 6.34. The normalized spacial score (nSPS) is 11.2. The lowest BCUT2D eigenvalue weighted by Crippen LogP contribution is -2.23. The standard InChI is InChI=1S/C18H28/c1-11(2)15-9-17(13(5)6)18(14(7)8)10-16(15)12(3)4/h9-11,14H,1-8H3. The highest BCUT2D eigenvalue weighted by atomic mass is 14.1. The van der Waals surface area contributed by atoms with E-state index >= 15 is 0 Å². The van der Waals surface area contributed by atoms with Gasteiger partial charge in [0, 0.05) is 0 Å². The summed E-state index contributed by atoms with van der Waals surface area (Å²) < 4.78 is 0. The molecule has 0 fully saturated rings. The molecule has 0 spiro atoms. The average molecular weight is 244 g/mol. The van der Waals surface area contributed by atoms with E-state index < -0.39 is 0 Å². The van der Waals surface area contributed by atoms with Gasteiger partial charge < -0.3 is 0 Å². The van der Waals surface area contributed by atoms with E-state index in [1.165, 1.54) is 32.7 Å². The summed E-state index contributed by atoms with van der Waals surface area (Å²) in [6.45, 7) is 18.0. The SMILES string of the molecule is CC(C)=c1cc(C(C)C)c(=C(C)C)cc1C(C)C. The van der Waals surface area contributed by atoms with Crippen LogP contribution in [-0.4, -0.2) is 0 Å². The maximum atomic E-state index is 2.41. The van der Waals surface area contributed by atoms with E-state index in [0.29, 0.717) is 11.8 Å². The maximum absolute atomic E-state index is 2.41. The lowest BCUT2D eigenvalue weighted by molar-refractivity contribution is 0.828. The van der Waals surface area contributed by atoms with Crippen molar-refractivity contribution >= 4 is 11.1 Å². The molecule has 18 heavy (non-hydrogen) atoms. The molecule has 0 aliphatic heterocycles. The molecule has 0 saturated carbocycles. The van der Waals surface area contributed by atoms with E-state index in [1.54, 1.807) is 0 Å². The quantitative estimate of drug-likeness (QED) is 0.727. The van der Waals surface area contributed by atoms with Crippen molar-refractivity contribution in [2.24, 2.45) is 0 Å². The smallest absolute Gasteiger partial charge is 0.0213 e. The number of hydrogen-bond donors (Lipinski definition) is 0. The van der Waals surface area contributed by atoms with Crippen molar-refractivity contribution in [3.8, 4) is 0 Å². The topological polar surface area (TPSA) is 0 Å². The van der Waals surface area contributed by atoms with Crippen molar-refractivity contribution in [2.75, 3.05) is 0 Å². The molecule has 1 rings (SSSR count). The highest BCUT2D eigenvalue weighted by Gasteiger charge is 2.09. The molecular formula is C18H28. The summed E-state index contributed by atoms with van der Waals surface area (Å²) >= 11 is 0. The Balaban J connectivity index is 3.87. The Morgan fingerprint density at radius 3 is 1.11 bits per heavy atom. The van der Waals surface area contributed by atoms with E-state index in [9.17, 15) is 0 Å². The van der Waals surface area contributed by atoms with E-state index in [0.717, 1.165) is 0 Å². The molecule has 0 bridgehead atoms. The van der Waals surface area contributed by atoms with Crippen LogP contribution in [0.4, 0.5) is 0 Å². The Hall–Kier alpha value is -1.04. The van der Waals surface area contributed by atoms with Gasteiger partial charge in [0.05, 0.1) is 0 Å². The van der Waals surface area contributed by atoms with Gasteiger partial charge in [-0.25, -0.2) is 0 Å². The fourth-order valence-electron chi connectivity index (χ4n) is 2.45. The maximum Gasteiger partial charge on any atom is -0.0213 e. The first-order valence-electron chi connectivity index (χ1n) is 7.04. The second kappa shape index (κ2) is 5.73. The van der Waals surface area contributed by atoms with Gasteiger partial charge in [-0.1, -0.05) is 51.0 Å². The predicted molar refractivity (Wildman–Crippen MR) is 83.4 cm³/mol. The van der Waals surface area contributed by atoms with E-state index in [2.05, 4.69) is 67.5 Å². The fourth-order valence-corrected chi connectivity index (χ4v) is 2.45. The second-order valence-corrected chi connectivity index (χ2v) is 6.34. The molecule has 0 atom stereocenters. The molecule has 100 valence electrons. The van der Waals surface area contributed by atoms with E-state index in [-0.39, 0.29) is 0 Å².